The number of sulfonamides is 1. The number of hydrogen-bond acceptors (Lipinski definition) is 5. The molecule has 120 valence electrons. The standard InChI is InChI=1S/C14H24N2O3S2/c1-3-15-9-13-8-14(11-20-13)21(17,18)16(2)10-12-4-6-19-7-5-12/h8,11-12,15H,3-7,9-10H2,1-2H3. The van der Waals surface area contributed by atoms with Crippen LogP contribution in [0.3, 0.4) is 0 Å². The van der Waals surface area contributed by atoms with Crippen LogP contribution in [-0.4, -0.2) is 46.1 Å². The van der Waals surface area contributed by atoms with Crippen LogP contribution >= 0.6 is 11.3 Å². The minimum atomic E-state index is -3.37. The van der Waals surface area contributed by atoms with E-state index in [0.29, 0.717) is 17.4 Å². The molecule has 0 atom stereocenters. The summed E-state index contributed by atoms with van der Waals surface area (Å²) in [6, 6.07) is 1.78. The quantitative estimate of drug-likeness (QED) is 0.828. The molecular weight excluding hydrogens is 308 g/mol. The number of nitrogens with one attached hydrogen (secondary N) is 1. The summed E-state index contributed by atoms with van der Waals surface area (Å²) in [5.74, 6) is 0.401. The van der Waals surface area contributed by atoms with Crippen LogP contribution in [-0.2, 0) is 21.3 Å². The average Bonchev–Trinajstić information content (AvgIpc) is 2.95. The molecule has 1 aliphatic heterocycles. The zero-order chi connectivity index (χ0) is 15.3. The maximum atomic E-state index is 12.6. The summed E-state index contributed by atoms with van der Waals surface area (Å²) in [5, 5.41) is 4.95. The zero-order valence-corrected chi connectivity index (χ0v) is 14.3. The highest BCUT2D eigenvalue weighted by atomic mass is 32.2. The first-order chi connectivity index (χ1) is 10.0. The Morgan fingerprint density at radius 3 is 2.81 bits per heavy atom. The smallest absolute Gasteiger partial charge is 0.243 e. The number of thiophene rings is 1. The first-order valence-corrected chi connectivity index (χ1v) is 9.68. The van der Waals surface area contributed by atoms with Gasteiger partial charge in [0.1, 0.15) is 0 Å². The second-order valence-electron chi connectivity index (χ2n) is 5.37. The fourth-order valence-corrected chi connectivity index (χ4v) is 4.89. The van der Waals surface area contributed by atoms with Gasteiger partial charge in [0.05, 0.1) is 4.90 Å². The maximum Gasteiger partial charge on any atom is 0.243 e. The van der Waals surface area contributed by atoms with E-state index in [1.807, 2.05) is 6.92 Å². The highest BCUT2D eigenvalue weighted by Gasteiger charge is 2.25. The van der Waals surface area contributed by atoms with E-state index >= 15 is 0 Å². The van der Waals surface area contributed by atoms with E-state index in [-0.39, 0.29) is 0 Å². The predicted octanol–water partition coefficient (Wildman–Crippen LogP) is 1.90. The third kappa shape index (κ3) is 4.50. The molecule has 1 aromatic rings. The molecule has 2 heterocycles. The average molecular weight is 332 g/mol. The van der Waals surface area contributed by atoms with Crippen LogP contribution in [0.2, 0.25) is 0 Å². The van der Waals surface area contributed by atoms with Gasteiger partial charge in [-0.15, -0.1) is 11.3 Å². The van der Waals surface area contributed by atoms with Gasteiger partial charge >= 0.3 is 0 Å². The molecule has 21 heavy (non-hydrogen) atoms. The predicted molar refractivity (Wildman–Crippen MR) is 85.1 cm³/mol. The van der Waals surface area contributed by atoms with Crippen molar-refractivity contribution in [3.63, 3.8) is 0 Å². The molecule has 0 saturated carbocycles. The second kappa shape index (κ2) is 7.69. The molecule has 1 fully saturated rings. The molecule has 7 heteroatoms. The van der Waals surface area contributed by atoms with Gasteiger partial charge in [-0.1, -0.05) is 6.92 Å². The van der Waals surface area contributed by atoms with Crippen LogP contribution in [0, 0.1) is 5.92 Å². The number of hydrogen-bond donors (Lipinski definition) is 1. The summed E-state index contributed by atoms with van der Waals surface area (Å²) in [4.78, 5) is 1.46. The summed E-state index contributed by atoms with van der Waals surface area (Å²) < 4.78 is 32.0. The Morgan fingerprint density at radius 1 is 1.43 bits per heavy atom. The topological polar surface area (TPSA) is 58.6 Å². The second-order valence-corrected chi connectivity index (χ2v) is 8.41. The minimum absolute atomic E-state index is 0.401. The molecule has 0 bridgehead atoms. The first kappa shape index (κ1) is 16.9. The van der Waals surface area contributed by atoms with Gasteiger partial charge in [0.25, 0.3) is 0 Å². The summed E-state index contributed by atoms with van der Waals surface area (Å²) >= 11 is 1.49. The largest absolute Gasteiger partial charge is 0.381 e. The van der Waals surface area contributed by atoms with Crippen LogP contribution < -0.4 is 5.32 Å². The van der Waals surface area contributed by atoms with Crippen molar-refractivity contribution in [2.45, 2.75) is 31.2 Å². The van der Waals surface area contributed by atoms with Crippen LogP contribution in [0.25, 0.3) is 0 Å². The van der Waals surface area contributed by atoms with Gasteiger partial charge in [-0.2, -0.15) is 0 Å². The van der Waals surface area contributed by atoms with E-state index in [1.54, 1.807) is 18.5 Å². The maximum absolute atomic E-state index is 12.6. The van der Waals surface area contributed by atoms with Gasteiger partial charge in [-0.05, 0) is 31.4 Å². The lowest BCUT2D eigenvalue weighted by Crippen LogP contribution is -2.34. The normalized spacial score (nSPS) is 17.5. The van der Waals surface area contributed by atoms with Crippen molar-refractivity contribution in [3.05, 3.63) is 16.3 Å². The Morgan fingerprint density at radius 2 is 2.14 bits per heavy atom. The number of nitrogens with zero attached hydrogens (tertiary/aromatic N) is 1. The Balaban J connectivity index is 2.00. The molecule has 1 aromatic heterocycles. The summed E-state index contributed by atoms with van der Waals surface area (Å²) in [5.41, 5.74) is 0. The fraction of sp³-hybridized carbons (Fsp3) is 0.714. The lowest BCUT2D eigenvalue weighted by atomic mass is 10.0. The molecular formula is C14H24N2O3S2. The third-order valence-electron chi connectivity index (χ3n) is 3.74. The minimum Gasteiger partial charge on any atom is -0.381 e. The van der Waals surface area contributed by atoms with Gasteiger partial charge in [0.2, 0.25) is 10.0 Å². The van der Waals surface area contributed by atoms with E-state index in [4.69, 9.17) is 4.74 Å². The SMILES string of the molecule is CCNCc1cc(S(=O)(=O)N(C)CC2CCOCC2)cs1. The monoisotopic (exact) mass is 332 g/mol. The Labute approximate surface area is 131 Å². The van der Waals surface area contributed by atoms with Crippen LogP contribution in [0.1, 0.15) is 24.6 Å². The third-order valence-corrected chi connectivity index (χ3v) is 6.63. The lowest BCUT2D eigenvalue weighted by molar-refractivity contribution is 0.0620. The molecule has 0 unspecified atom stereocenters. The van der Waals surface area contributed by atoms with E-state index in [0.717, 1.165) is 44.0 Å². The summed E-state index contributed by atoms with van der Waals surface area (Å²) in [6.07, 6.45) is 1.88. The van der Waals surface area contributed by atoms with Gasteiger partial charge in [-0.25, -0.2) is 12.7 Å². The summed E-state index contributed by atoms with van der Waals surface area (Å²) in [7, 11) is -1.69. The number of rotatable bonds is 7. The molecule has 5 nitrogen and oxygen atoms in total. The van der Waals surface area contributed by atoms with Crippen molar-refractivity contribution >= 4 is 21.4 Å². The van der Waals surface area contributed by atoms with Gasteiger partial charge < -0.3 is 10.1 Å². The van der Waals surface area contributed by atoms with Gasteiger partial charge in [-0.3, -0.25) is 0 Å². The van der Waals surface area contributed by atoms with Crippen molar-refractivity contribution in [1.82, 2.24) is 9.62 Å². The van der Waals surface area contributed by atoms with Crippen molar-refractivity contribution in [2.75, 3.05) is 33.4 Å². The van der Waals surface area contributed by atoms with E-state index in [9.17, 15) is 8.42 Å². The van der Waals surface area contributed by atoms with Crippen LogP contribution in [0.15, 0.2) is 16.3 Å². The van der Waals surface area contributed by atoms with Crippen molar-refractivity contribution in [1.29, 1.82) is 0 Å². The zero-order valence-electron chi connectivity index (χ0n) is 12.7. The molecule has 0 aliphatic carbocycles. The van der Waals surface area contributed by atoms with E-state index in [2.05, 4.69) is 5.32 Å². The highest BCUT2D eigenvalue weighted by molar-refractivity contribution is 7.89. The van der Waals surface area contributed by atoms with E-state index < -0.39 is 10.0 Å². The molecule has 1 saturated heterocycles. The Hall–Kier alpha value is -0.470. The van der Waals surface area contributed by atoms with Crippen molar-refractivity contribution in [3.8, 4) is 0 Å². The number of ether oxygens (including phenoxy) is 1. The Kier molecular flexibility index (Phi) is 6.19. The van der Waals surface area contributed by atoms with Crippen molar-refractivity contribution < 1.29 is 13.2 Å². The van der Waals surface area contributed by atoms with Crippen LogP contribution in [0.4, 0.5) is 0 Å². The molecule has 1 aliphatic rings. The molecule has 0 radical (unpaired) electrons. The Bertz CT molecular complexity index is 536. The molecule has 2 rings (SSSR count). The van der Waals surface area contributed by atoms with Crippen LogP contribution in [0.5, 0.6) is 0 Å². The highest BCUT2D eigenvalue weighted by Crippen LogP contribution is 2.24. The van der Waals surface area contributed by atoms with Gasteiger partial charge in [0.15, 0.2) is 0 Å². The fourth-order valence-electron chi connectivity index (χ4n) is 2.41. The molecule has 0 aromatic carbocycles. The van der Waals surface area contributed by atoms with Crippen molar-refractivity contribution in [2.24, 2.45) is 5.92 Å². The molecule has 1 N–H and O–H groups in total. The van der Waals surface area contributed by atoms with E-state index in [1.165, 1.54) is 15.6 Å². The first-order valence-electron chi connectivity index (χ1n) is 7.36. The summed E-state index contributed by atoms with van der Waals surface area (Å²) in [6.45, 7) is 5.69. The van der Waals surface area contributed by atoms with Gasteiger partial charge in [0, 0.05) is 43.6 Å². The lowest BCUT2D eigenvalue weighted by Gasteiger charge is -2.26. The molecule has 0 spiro atoms. The molecule has 0 amide bonds.